The number of nitrogens with one attached hydrogen (secondary N) is 2. The van der Waals surface area contributed by atoms with Crippen LogP contribution in [0, 0.1) is 0 Å². The van der Waals surface area contributed by atoms with Gasteiger partial charge >= 0.3 is 12.0 Å². The zero-order chi connectivity index (χ0) is 20.2. The Labute approximate surface area is 164 Å². The number of methoxy groups -OCH3 is 1. The highest BCUT2D eigenvalue weighted by Gasteiger charge is 2.20. The highest BCUT2D eigenvalue weighted by atomic mass is 16.5. The Hall–Kier alpha value is -3.19. The summed E-state index contributed by atoms with van der Waals surface area (Å²) in [6, 6.07) is 18.6. The van der Waals surface area contributed by atoms with E-state index in [-0.39, 0.29) is 18.9 Å². The molecule has 0 aromatic heterocycles. The molecule has 3 amide bonds. The number of urea groups is 1. The molecule has 2 N–H and O–H groups in total. The minimum Gasteiger partial charge on any atom is -0.456 e. The van der Waals surface area contributed by atoms with E-state index >= 15 is 0 Å². The lowest BCUT2D eigenvalue weighted by Crippen LogP contribution is -2.42. The topological polar surface area (TPSA) is 93.7 Å². The molecular formula is C21H24N2O5. The lowest BCUT2D eigenvalue weighted by Gasteiger charge is -2.17. The van der Waals surface area contributed by atoms with Crippen LogP contribution in [0.25, 0.3) is 0 Å². The molecule has 0 spiro atoms. The molecule has 0 radical (unpaired) electrons. The lowest BCUT2D eigenvalue weighted by molar-refractivity contribution is -0.148. The van der Waals surface area contributed by atoms with Gasteiger partial charge in [-0.05, 0) is 11.1 Å². The van der Waals surface area contributed by atoms with Gasteiger partial charge in [0.05, 0.1) is 13.0 Å². The van der Waals surface area contributed by atoms with Gasteiger partial charge in [0.25, 0.3) is 5.91 Å². The predicted octanol–water partition coefficient (Wildman–Crippen LogP) is 2.22. The summed E-state index contributed by atoms with van der Waals surface area (Å²) < 4.78 is 9.84. The van der Waals surface area contributed by atoms with E-state index in [1.54, 1.807) is 0 Å². The lowest BCUT2D eigenvalue weighted by atomic mass is 9.89. The van der Waals surface area contributed by atoms with Crippen molar-refractivity contribution in [1.82, 2.24) is 10.6 Å². The van der Waals surface area contributed by atoms with Crippen LogP contribution in [0.4, 0.5) is 4.79 Å². The number of carbonyl (C=O) groups is 3. The zero-order valence-corrected chi connectivity index (χ0v) is 15.7. The minimum absolute atomic E-state index is 0.0847. The average Bonchev–Trinajstić information content (AvgIpc) is 2.72. The Bertz CT molecular complexity index is 725. The van der Waals surface area contributed by atoms with Crippen LogP contribution in [0.5, 0.6) is 0 Å². The molecule has 0 unspecified atom stereocenters. The molecule has 0 aliphatic rings. The number of ether oxygens (including phenoxy) is 2. The van der Waals surface area contributed by atoms with Crippen LogP contribution in [0.1, 0.15) is 23.5 Å². The van der Waals surface area contributed by atoms with Crippen molar-refractivity contribution in [2.45, 2.75) is 12.3 Å². The molecule has 0 atom stereocenters. The first-order valence-corrected chi connectivity index (χ1v) is 8.92. The van der Waals surface area contributed by atoms with Crippen LogP contribution in [0.15, 0.2) is 60.7 Å². The van der Waals surface area contributed by atoms with Crippen molar-refractivity contribution < 1.29 is 23.9 Å². The molecule has 0 aliphatic carbocycles. The first-order valence-electron chi connectivity index (χ1n) is 8.92. The summed E-state index contributed by atoms with van der Waals surface area (Å²) >= 11 is 0. The molecule has 0 heterocycles. The molecule has 2 rings (SSSR count). The number of rotatable bonds is 9. The van der Waals surface area contributed by atoms with Gasteiger partial charge < -0.3 is 14.8 Å². The summed E-state index contributed by atoms with van der Waals surface area (Å²) in [5.41, 5.74) is 1.96. The van der Waals surface area contributed by atoms with Gasteiger partial charge in [0.1, 0.15) is 0 Å². The van der Waals surface area contributed by atoms with E-state index in [2.05, 4.69) is 10.6 Å². The molecule has 0 fully saturated rings. The number of carbonyl (C=O) groups excluding carboxylic acids is 3. The van der Waals surface area contributed by atoms with E-state index in [1.165, 1.54) is 7.11 Å². The predicted molar refractivity (Wildman–Crippen MR) is 104 cm³/mol. The highest BCUT2D eigenvalue weighted by molar-refractivity contribution is 5.95. The molecule has 0 saturated carbocycles. The van der Waals surface area contributed by atoms with Crippen molar-refractivity contribution in [2.24, 2.45) is 0 Å². The first-order chi connectivity index (χ1) is 13.6. The third kappa shape index (κ3) is 7.20. The van der Waals surface area contributed by atoms with E-state index in [9.17, 15) is 14.4 Å². The number of imide groups is 1. The minimum atomic E-state index is -0.695. The van der Waals surface area contributed by atoms with Gasteiger partial charge in [-0.2, -0.15) is 0 Å². The number of amides is 3. The van der Waals surface area contributed by atoms with E-state index in [0.717, 1.165) is 11.1 Å². The van der Waals surface area contributed by atoms with E-state index in [1.807, 2.05) is 60.7 Å². The SMILES string of the molecule is COCCNC(=O)NC(=O)COC(=O)CC(c1ccccc1)c1ccccc1. The molecule has 7 nitrogen and oxygen atoms in total. The van der Waals surface area contributed by atoms with Crippen LogP contribution in [-0.4, -0.2) is 44.8 Å². The normalized spacial score (nSPS) is 10.4. The average molecular weight is 384 g/mol. The molecule has 0 aliphatic heterocycles. The smallest absolute Gasteiger partial charge is 0.321 e. The van der Waals surface area contributed by atoms with Gasteiger partial charge in [0, 0.05) is 19.6 Å². The number of benzene rings is 2. The molecule has 148 valence electrons. The summed E-state index contributed by atoms with van der Waals surface area (Å²) in [7, 11) is 1.50. The van der Waals surface area contributed by atoms with E-state index < -0.39 is 24.5 Å². The molecule has 2 aromatic carbocycles. The van der Waals surface area contributed by atoms with Crippen molar-refractivity contribution >= 4 is 17.9 Å². The maximum Gasteiger partial charge on any atom is 0.321 e. The maximum atomic E-state index is 12.3. The van der Waals surface area contributed by atoms with Crippen molar-refractivity contribution in [3.05, 3.63) is 71.8 Å². The van der Waals surface area contributed by atoms with Gasteiger partial charge in [0.15, 0.2) is 6.61 Å². The standard InChI is InChI=1S/C21H24N2O5/c1-27-13-12-22-21(26)23-19(24)15-28-20(25)14-18(16-8-4-2-5-9-16)17-10-6-3-7-11-17/h2-11,18H,12-15H2,1H3,(H2,22,23,24,26). The Morgan fingerprint density at radius 1 is 0.929 bits per heavy atom. The van der Waals surface area contributed by atoms with Crippen LogP contribution in [0.3, 0.4) is 0 Å². The fraction of sp³-hybridized carbons (Fsp3) is 0.286. The third-order valence-electron chi connectivity index (χ3n) is 3.98. The summed E-state index contributed by atoms with van der Waals surface area (Å²) in [5.74, 6) is -1.40. The zero-order valence-electron chi connectivity index (χ0n) is 15.7. The van der Waals surface area contributed by atoms with Crippen LogP contribution < -0.4 is 10.6 Å². The summed E-state index contributed by atoms with van der Waals surface area (Å²) in [5, 5.41) is 4.53. The van der Waals surface area contributed by atoms with Gasteiger partial charge in [-0.25, -0.2) is 4.79 Å². The monoisotopic (exact) mass is 384 g/mol. The Morgan fingerprint density at radius 2 is 1.50 bits per heavy atom. The van der Waals surface area contributed by atoms with Crippen molar-refractivity contribution in [2.75, 3.05) is 26.9 Å². The summed E-state index contributed by atoms with van der Waals surface area (Å²) in [4.78, 5) is 35.5. The highest BCUT2D eigenvalue weighted by Crippen LogP contribution is 2.28. The van der Waals surface area contributed by atoms with Crippen LogP contribution >= 0.6 is 0 Å². The Morgan fingerprint density at radius 3 is 2.04 bits per heavy atom. The first kappa shape index (κ1) is 21.1. The fourth-order valence-corrected chi connectivity index (χ4v) is 2.64. The van der Waals surface area contributed by atoms with Gasteiger partial charge in [-0.3, -0.25) is 14.9 Å². The van der Waals surface area contributed by atoms with Gasteiger partial charge in [-0.1, -0.05) is 60.7 Å². The van der Waals surface area contributed by atoms with Gasteiger partial charge in [-0.15, -0.1) is 0 Å². The number of hydrogen-bond acceptors (Lipinski definition) is 5. The third-order valence-corrected chi connectivity index (χ3v) is 3.98. The Balaban J connectivity index is 1.88. The van der Waals surface area contributed by atoms with E-state index in [0.29, 0.717) is 6.61 Å². The summed E-state index contributed by atoms with van der Waals surface area (Å²) in [6.07, 6.45) is 0.0847. The van der Waals surface area contributed by atoms with Crippen LogP contribution in [-0.2, 0) is 19.1 Å². The van der Waals surface area contributed by atoms with E-state index in [4.69, 9.17) is 9.47 Å². The van der Waals surface area contributed by atoms with Gasteiger partial charge in [0.2, 0.25) is 0 Å². The quantitative estimate of drug-likeness (QED) is 0.511. The second-order valence-electron chi connectivity index (χ2n) is 6.04. The molecule has 2 aromatic rings. The molecule has 7 heteroatoms. The molecule has 28 heavy (non-hydrogen) atoms. The Kier molecular flexibility index (Phi) is 8.68. The summed E-state index contributed by atoms with van der Waals surface area (Å²) in [6.45, 7) is 0.0784. The molecular weight excluding hydrogens is 360 g/mol. The molecule has 0 saturated heterocycles. The fourth-order valence-electron chi connectivity index (χ4n) is 2.64. The van der Waals surface area contributed by atoms with Crippen LogP contribution in [0.2, 0.25) is 0 Å². The van der Waals surface area contributed by atoms with Crippen molar-refractivity contribution in [3.63, 3.8) is 0 Å². The second kappa shape index (κ2) is 11.5. The maximum absolute atomic E-state index is 12.3. The molecule has 0 bridgehead atoms. The second-order valence-corrected chi connectivity index (χ2v) is 6.04. The van der Waals surface area contributed by atoms with Crippen molar-refractivity contribution in [3.8, 4) is 0 Å². The van der Waals surface area contributed by atoms with Crippen molar-refractivity contribution in [1.29, 1.82) is 0 Å². The number of hydrogen-bond donors (Lipinski definition) is 2. The largest absolute Gasteiger partial charge is 0.456 e. The number of esters is 1.